The third kappa shape index (κ3) is 2.14. The Morgan fingerprint density at radius 2 is 1.92 bits per heavy atom. The highest BCUT2D eigenvalue weighted by Crippen LogP contribution is 2.50. The van der Waals surface area contributed by atoms with E-state index in [0.717, 1.165) is 0 Å². The number of anilines is 2. The van der Waals surface area contributed by atoms with Crippen molar-refractivity contribution < 1.29 is 4.74 Å². The van der Waals surface area contributed by atoms with E-state index in [1.54, 1.807) is 18.2 Å². The molecule has 1 aliphatic heterocycles. The number of nitrogens with zero attached hydrogens (tertiary/aromatic N) is 4. The van der Waals surface area contributed by atoms with E-state index in [0.29, 0.717) is 21.9 Å². The molecule has 0 spiro atoms. The topological polar surface area (TPSA) is 146 Å². The monoisotopic (exact) mass is 336 g/mol. The zero-order valence-corrected chi connectivity index (χ0v) is 12.9. The molecule has 0 bridgehead atoms. The van der Waals surface area contributed by atoms with Gasteiger partial charge in [-0.05, 0) is 18.2 Å². The van der Waals surface area contributed by atoms with Crippen molar-refractivity contribution in [1.82, 2.24) is 4.98 Å². The lowest BCUT2D eigenvalue weighted by molar-refractivity contribution is 0.422. The molecule has 1 aromatic carbocycles. The summed E-state index contributed by atoms with van der Waals surface area (Å²) in [6, 6.07) is 10.6. The molecule has 0 saturated heterocycles. The molecule has 0 amide bonds. The quantitative estimate of drug-likeness (QED) is 0.813. The zero-order chi connectivity index (χ0) is 17.4. The number of nitriles is 3. The van der Waals surface area contributed by atoms with Crippen molar-refractivity contribution >= 4 is 23.1 Å². The van der Waals surface area contributed by atoms with Gasteiger partial charge in [0.1, 0.15) is 29.1 Å². The van der Waals surface area contributed by atoms with E-state index in [-0.39, 0.29) is 22.9 Å². The normalized spacial score (nSPS) is 14.5. The lowest BCUT2D eigenvalue weighted by Crippen LogP contribution is -2.21. The molecule has 0 fully saturated rings. The van der Waals surface area contributed by atoms with Gasteiger partial charge in [-0.15, -0.1) is 0 Å². The smallest absolute Gasteiger partial charge is 0.227 e. The molecule has 24 heavy (non-hydrogen) atoms. The van der Waals surface area contributed by atoms with Crippen LogP contribution in [-0.4, -0.2) is 4.98 Å². The maximum atomic E-state index is 9.37. The second-order valence-corrected chi connectivity index (χ2v) is 5.55. The Balaban J connectivity index is 2.37. The zero-order valence-electron chi connectivity index (χ0n) is 12.1. The van der Waals surface area contributed by atoms with Gasteiger partial charge in [-0.1, -0.05) is 11.6 Å². The van der Waals surface area contributed by atoms with Gasteiger partial charge < -0.3 is 16.2 Å². The van der Waals surface area contributed by atoms with Crippen LogP contribution in [0.4, 0.5) is 11.5 Å². The fourth-order valence-corrected chi connectivity index (χ4v) is 2.93. The number of fused-ring (bicyclic) bond motifs is 2. The van der Waals surface area contributed by atoms with Gasteiger partial charge in [-0.3, -0.25) is 0 Å². The minimum atomic E-state index is -1.07. The molecule has 1 aromatic heterocycles. The van der Waals surface area contributed by atoms with Crippen molar-refractivity contribution in [1.29, 1.82) is 15.8 Å². The van der Waals surface area contributed by atoms with Gasteiger partial charge in [0.15, 0.2) is 0 Å². The predicted molar refractivity (Wildman–Crippen MR) is 85.9 cm³/mol. The Labute approximate surface area is 142 Å². The van der Waals surface area contributed by atoms with Gasteiger partial charge in [-0.2, -0.15) is 20.8 Å². The highest BCUT2D eigenvalue weighted by atomic mass is 35.5. The molecule has 4 N–H and O–H groups in total. The number of halogens is 1. The van der Waals surface area contributed by atoms with Crippen LogP contribution in [0.25, 0.3) is 0 Å². The molecule has 1 atom stereocenters. The number of pyridine rings is 1. The van der Waals surface area contributed by atoms with Crippen LogP contribution in [-0.2, 0) is 0 Å². The lowest BCUT2D eigenvalue weighted by atomic mass is 9.79. The predicted octanol–water partition coefficient (Wildman–Crippen LogP) is 2.67. The summed E-state index contributed by atoms with van der Waals surface area (Å²) in [7, 11) is 0. The Kier molecular flexibility index (Phi) is 3.62. The summed E-state index contributed by atoms with van der Waals surface area (Å²) < 4.78 is 5.71. The van der Waals surface area contributed by atoms with Crippen LogP contribution < -0.4 is 16.2 Å². The molecule has 116 valence electrons. The Morgan fingerprint density at radius 3 is 2.54 bits per heavy atom. The first-order valence-corrected chi connectivity index (χ1v) is 7.15. The lowest BCUT2D eigenvalue weighted by Gasteiger charge is -2.29. The number of nitrogen functional groups attached to an aromatic ring is 2. The van der Waals surface area contributed by atoms with Crippen molar-refractivity contribution in [3.05, 3.63) is 39.9 Å². The van der Waals surface area contributed by atoms with Crippen molar-refractivity contribution in [2.24, 2.45) is 5.92 Å². The highest BCUT2D eigenvalue weighted by molar-refractivity contribution is 6.30. The summed E-state index contributed by atoms with van der Waals surface area (Å²) in [5.41, 5.74) is 12.7. The van der Waals surface area contributed by atoms with Gasteiger partial charge in [0.25, 0.3) is 0 Å². The Bertz CT molecular complexity index is 968. The van der Waals surface area contributed by atoms with Crippen LogP contribution in [0.3, 0.4) is 0 Å². The maximum absolute atomic E-state index is 9.37. The fourth-order valence-electron chi connectivity index (χ4n) is 2.75. The molecule has 2 heterocycles. The van der Waals surface area contributed by atoms with E-state index in [9.17, 15) is 15.8 Å². The first-order chi connectivity index (χ1) is 11.5. The number of nitrogens with two attached hydrogens (primary N) is 2. The summed E-state index contributed by atoms with van der Waals surface area (Å²) in [5, 5.41) is 28.4. The average Bonchev–Trinajstić information content (AvgIpc) is 2.56. The van der Waals surface area contributed by atoms with Crippen molar-refractivity contribution in [3.8, 4) is 29.8 Å². The fraction of sp³-hybridized carbons (Fsp3) is 0.125. The van der Waals surface area contributed by atoms with Crippen LogP contribution in [0, 0.1) is 39.9 Å². The van der Waals surface area contributed by atoms with E-state index >= 15 is 0 Å². The second-order valence-electron chi connectivity index (χ2n) is 5.11. The molecular formula is C16H9ClN6O. The Hall–Kier alpha value is -3.47. The second kappa shape index (κ2) is 5.62. The number of aromatic nitrogens is 1. The molecule has 0 aliphatic carbocycles. The van der Waals surface area contributed by atoms with Gasteiger partial charge in [0, 0.05) is 22.1 Å². The molecule has 7 nitrogen and oxygen atoms in total. The summed E-state index contributed by atoms with van der Waals surface area (Å²) in [6.45, 7) is 0. The van der Waals surface area contributed by atoms with E-state index in [2.05, 4.69) is 4.98 Å². The average molecular weight is 337 g/mol. The number of hydrogen-bond acceptors (Lipinski definition) is 7. The first kappa shape index (κ1) is 15.4. The molecule has 0 radical (unpaired) electrons. The van der Waals surface area contributed by atoms with E-state index in [1.165, 1.54) is 0 Å². The molecular weight excluding hydrogens is 328 g/mol. The standard InChI is InChI=1S/C16H9ClN6O/c17-8-1-2-11-9(3-8)12(7(4-18)5-19)13-14(21)10(6-20)15(22)23-16(13)24-11/h1-3,7,12H,(H4,21,22,23). The van der Waals surface area contributed by atoms with Gasteiger partial charge in [0.05, 0.1) is 17.8 Å². The third-order valence-corrected chi connectivity index (χ3v) is 4.05. The molecule has 1 aliphatic rings. The van der Waals surface area contributed by atoms with Gasteiger partial charge in [0.2, 0.25) is 5.88 Å². The first-order valence-electron chi connectivity index (χ1n) is 6.77. The van der Waals surface area contributed by atoms with E-state index in [1.807, 2.05) is 18.2 Å². The summed E-state index contributed by atoms with van der Waals surface area (Å²) >= 11 is 6.04. The van der Waals surface area contributed by atoms with Crippen molar-refractivity contribution in [2.75, 3.05) is 11.5 Å². The minimum absolute atomic E-state index is 0.0116. The molecule has 3 rings (SSSR count). The summed E-state index contributed by atoms with van der Waals surface area (Å²) in [4.78, 5) is 4.07. The van der Waals surface area contributed by atoms with Crippen LogP contribution >= 0.6 is 11.6 Å². The molecule has 1 unspecified atom stereocenters. The van der Waals surface area contributed by atoms with Crippen molar-refractivity contribution in [3.63, 3.8) is 0 Å². The van der Waals surface area contributed by atoms with Crippen LogP contribution in [0.5, 0.6) is 11.6 Å². The minimum Gasteiger partial charge on any atom is -0.438 e. The maximum Gasteiger partial charge on any atom is 0.227 e. The van der Waals surface area contributed by atoms with E-state index in [4.69, 9.17) is 27.8 Å². The molecule has 0 saturated carbocycles. The molecule has 8 heteroatoms. The van der Waals surface area contributed by atoms with Gasteiger partial charge in [-0.25, -0.2) is 0 Å². The van der Waals surface area contributed by atoms with E-state index < -0.39 is 11.8 Å². The van der Waals surface area contributed by atoms with Crippen LogP contribution in [0.2, 0.25) is 5.02 Å². The SMILES string of the molecule is N#Cc1c(N)nc2c(c1N)C(C(C#N)C#N)c1cc(Cl)ccc1O2. The summed E-state index contributed by atoms with van der Waals surface area (Å²) in [5.74, 6) is -1.40. The van der Waals surface area contributed by atoms with Crippen LogP contribution in [0.1, 0.15) is 22.6 Å². The number of benzene rings is 1. The molecule has 2 aromatic rings. The summed E-state index contributed by atoms with van der Waals surface area (Å²) in [6.07, 6.45) is 0. The largest absolute Gasteiger partial charge is 0.438 e. The number of hydrogen-bond donors (Lipinski definition) is 2. The number of rotatable bonds is 1. The third-order valence-electron chi connectivity index (χ3n) is 3.82. The number of ether oxygens (including phenoxy) is 1. The Morgan fingerprint density at radius 1 is 1.21 bits per heavy atom. The highest BCUT2D eigenvalue weighted by Gasteiger charge is 2.38. The van der Waals surface area contributed by atoms with Crippen molar-refractivity contribution in [2.45, 2.75) is 5.92 Å². The van der Waals surface area contributed by atoms with Crippen LogP contribution in [0.15, 0.2) is 18.2 Å². The van der Waals surface area contributed by atoms with Gasteiger partial charge >= 0.3 is 0 Å².